The van der Waals surface area contributed by atoms with Gasteiger partial charge in [-0.2, -0.15) is 0 Å². The molecule has 2 aromatic rings. The van der Waals surface area contributed by atoms with Crippen molar-refractivity contribution in [2.45, 2.75) is 44.4 Å². The van der Waals surface area contributed by atoms with Gasteiger partial charge in [0.2, 0.25) is 5.91 Å². The molecule has 1 aliphatic heterocycles. The van der Waals surface area contributed by atoms with E-state index in [0.29, 0.717) is 22.9 Å². The number of amides is 1. The normalized spacial score (nSPS) is 23.1. The van der Waals surface area contributed by atoms with Crippen molar-refractivity contribution in [3.8, 4) is 0 Å². The third-order valence-corrected chi connectivity index (χ3v) is 5.87. The maximum absolute atomic E-state index is 12.9. The highest BCUT2D eigenvalue weighted by atomic mass is 35.5. The number of halogens is 2. The van der Waals surface area contributed by atoms with Crippen molar-refractivity contribution in [2.24, 2.45) is 0 Å². The lowest BCUT2D eigenvalue weighted by Crippen LogP contribution is -2.58. The Morgan fingerprint density at radius 3 is 2.24 bits per heavy atom. The Balaban J connectivity index is 2.19. The molecule has 7 heteroatoms. The van der Waals surface area contributed by atoms with Crippen LogP contribution in [0.1, 0.15) is 43.9 Å². The van der Waals surface area contributed by atoms with Gasteiger partial charge in [0, 0.05) is 10.0 Å². The fourth-order valence-corrected chi connectivity index (χ4v) is 4.18. The largest absolute Gasteiger partial charge is 0.480 e. The lowest BCUT2D eigenvalue weighted by molar-refractivity contribution is -0.189. The summed E-state index contributed by atoms with van der Waals surface area (Å²) in [4.78, 5) is 26.5. The molecule has 0 bridgehead atoms. The number of nitrogens with zero attached hydrogens (tertiary/aromatic N) is 1. The van der Waals surface area contributed by atoms with Crippen LogP contribution in [0, 0.1) is 0 Å². The highest BCUT2D eigenvalue weighted by Crippen LogP contribution is 2.46. The van der Waals surface area contributed by atoms with E-state index in [1.807, 2.05) is 26.0 Å². The van der Waals surface area contributed by atoms with Crippen LogP contribution >= 0.6 is 23.2 Å². The van der Waals surface area contributed by atoms with Crippen molar-refractivity contribution in [3.05, 3.63) is 69.7 Å². The van der Waals surface area contributed by atoms with Gasteiger partial charge in [-0.05, 0) is 48.7 Å². The highest BCUT2D eigenvalue weighted by molar-refractivity contribution is 6.30. The van der Waals surface area contributed by atoms with Gasteiger partial charge in [0.25, 0.3) is 0 Å². The number of carbonyl (C=O) groups excluding carboxylic acids is 1. The lowest BCUT2D eigenvalue weighted by atomic mass is 9.80. The summed E-state index contributed by atoms with van der Waals surface area (Å²) in [6, 6.07) is 12.7. The van der Waals surface area contributed by atoms with Gasteiger partial charge >= 0.3 is 5.97 Å². The summed E-state index contributed by atoms with van der Waals surface area (Å²) in [5, 5.41) is 11.0. The Morgan fingerprint density at radius 2 is 1.72 bits per heavy atom. The number of carbonyl (C=O) groups is 2. The van der Waals surface area contributed by atoms with Gasteiger partial charge in [-0.1, -0.05) is 60.8 Å². The summed E-state index contributed by atoms with van der Waals surface area (Å²) < 4.78 is 6.08. The van der Waals surface area contributed by atoms with Crippen LogP contribution in [-0.2, 0) is 19.9 Å². The van der Waals surface area contributed by atoms with Gasteiger partial charge < -0.3 is 14.7 Å². The number of hydrogen-bond donors (Lipinski definition) is 1. The Morgan fingerprint density at radius 1 is 1.17 bits per heavy atom. The van der Waals surface area contributed by atoms with E-state index in [9.17, 15) is 14.7 Å². The van der Waals surface area contributed by atoms with Gasteiger partial charge in [-0.25, -0.2) is 4.79 Å². The SMILES string of the molecule is CCC[C@@H](C(=O)O)N1C(=O)CO[C@](C)(c2ccc(Cl)cc2)[C@@H]1c1ccc(Cl)cc1. The molecule has 1 fully saturated rings. The van der Waals surface area contributed by atoms with Crippen molar-refractivity contribution < 1.29 is 19.4 Å². The van der Waals surface area contributed by atoms with Crippen LogP contribution in [0.2, 0.25) is 10.0 Å². The highest BCUT2D eigenvalue weighted by Gasteiger charge is 2.50. The van der Waals surface area contributed by atoms with E-state index >= 15 is 0 Å². The molecular formula is C22H23Cl2NO4. The molecule has 154 valence electrons. The first-order valence-corrected chi connectivity index (χ1v) is 10.2. The minimum absolute atomic E-state index is 0.198. The van der Waals surface area contributed by atoms with E-state index in [1.165, 1.54) is 4.90 Å². The average Bonchev–Trinajstić information content (AvgIpc) is 2.69. The van der Waals surface area contributed by atoms with E-state index in [2.05, 4.69) is 0 Å². The first-order valence-electron chi connectivity index (χ1n) is 9.47. The molecule has 0 saturated carbocycles. The monoisotopic (exact) mass is 435 g/mol. The Kier molecular flexibility index (Phi) is 6.52. The smallest absolute Gasteiger partial charge is 0.326 e. The summed E-state index contributed by atoms with van der Waals surface area (Å²) in [6.07, 6.45) is 0.981. The predicted molar refractivity (Wildman–Crippen MR) is 112 cm³/mol. The minimum atomic E-state index is -1.03. The second kappa shape index (κ2) is 8.74. The summed E-state index contributed by atoms with van der Waals surface area (Å²) in [5.41, 5.74) is 0.593. The molecule has 0 aliphatic carbocycles. The van der Waals surface area contributed by atoms with Crippen LogP contribution in [0.15, 0.2) is 48.5 Å². The fraction of sp³-hybridized carbons (Fsp3) is 0.364. The molecule has 1 saturated heterocycles. The van der Waals surface area contributed by atoms with E-state index in [0.717, 1.165) is 11.1 Å². The van der Waals surface area contributed by atoms with Crippen LogP contribution < -0.4 is 0 Å². The van der Waals surface area contributed by atoms with Crippen LogP contribution in [0.4, 0.5) is 0 Å². The Labute approximate surface area is 180 Å². The molecule has 3 rings (SSSR count). The lowest BCUT2D eigenvalue weighted by Gasteiger charge is -2.50. The molecule has 0 radical (unpaired) electrons. The Bertz CT molecular complexity index is 885. The number of carboxylic acids is 1. The molecule has 2 aromatic carbocycles. The molecule has 0 spiro atoms. The molecule has 0 unspecified atom stereocenters. The maximum Gasteiger partial charge on any atom is 0.326 e. The summed E-state index contributed by atoms with van der Waals surface area (Å²) >= 11 is 12.1. The fourth-order valence-electron chi connectivity index (χ4n) is 3.93. The van der Waals surface area contributed by atoms with Gasteiger partial charge in [-0.3, -0.25) is 4.79 Å². The first-order chi connectivity index (χ1) is 13.8. The zero-order valence-electron chi connectivity index (χ0n) is 16.3. The molecule has 1 heterocycles. The second-order valence-electron chi connectivity index (χ2n) is 7.30. The van der Waals surface area contributed by atoms with Crippen molar-refractivity contribution in [2.75, 3.05) is 6.61 Å². The number of morpholine rings is 1. The van der Waals surface area contributed by atoms with E-state index in [-0.39, 0.29) is 12.5 Å². The minimum Gasteiger partial charge on any atom is -0.480 e. The third-order valence-electron chi connectivity index (χ3n) is 5.37. The number of aliphatic carboxylic acids is 1. The summed E-state index contributed by atoms with van der Waals surface area (Å²) in [5.74, 6) is -1.38. The number of ether oxygens (including phenoxy) is 1. The first kappa shape index (κ1) is 21.6. The zero-order valence-corrected chi connectivity index (χ0v) is 17.8. The van der Waals surface area contributed by atoms with Crippen molar-refractivity contribution in [1.82, 2.24) is 4.90 Å². The van der Waals surface area contributed by atoms with Crippen molar-refractivity contribution in [1.29, 1.82) is 0 Å². The molecular weight excluding hydrogens is 413 g/mol. The number of rotatable bonds is 6. The molecule has 29 heavy (non-hydrogen) atoms. The quantitative estimate of drug-likeness (QED) is 0.687. The number of carboxylic acid groups (broad SMARTS) is 1. The van der Waals surface area contributed by atoms with E-state index in [4.69, 9.17) is 27.9 Å². The Hall–Kier alpha value is -2.08. The molecule has 1 amide bonds. The molecule has 5 nitrogen and oxygen atoms in total. The zero-order chi connectivity index (χ0) is 21.2. The predicted octanol–water partition coefficient (Wildman–Crippen LogP) is 5.06. The van der Waals surface area contributed by atoms with Crippen molar-refractivity contribution >= 4 is 35.1 Å². The van der Waals surface area contributed by atoms with Gasteiger partial charge in [-0.15, -0.1) is 0 Å². The average molecular weight is 436 g/mol. The summed E-state index contributed by atoms with van der Waals surface area (Å²) in [7, 11) is 0. The molecule has 1 N–H and O–H groups in total. The van der Waals surface area contributed by atoms with Gasteiger partial charge in [0.1, 0.15) is 18.2 Å². The van der Waals surface area contributed by atoms with E-state index in [1.54, 1.807) is 36.4 Å². The number of benzene rings is 2. The van der Waals surface area contributed by atoms with Crippen LogP contribution in [0.25, 0.3) is 0 Å². The van der Waals surface area contributed by atoms with Gasteiger partial charge in [0.05, 0.1) is 6.04 Å². The molecule has 1 aliphatic rings. The maximum atomic E-state index is 12.9. The topological polar surface area (TPSA) is 66.8 Å². The molecule has 3 atom stereocenters. The molecule has 0 aromatic heterocycles. The number of hydrogen-bond acceptors (Lipinski definition) is 3. The third kappa shape index (κ3) is 4.27. The summed E-state index contributed by atoms with van der Waals surface area (Å²) in [6.45, 7) is 3.58. The van der Waals surface area contributed by atoms with Crippen LogP contribution in [-0.4, -0.2) is 34.5 Å². The van der Waals surface area contributed by atoms with Crippen molar-refractivity contribution in [3.63, 3.8) is 0 Å². The van der Waals surface area contributed by atoms with E-state index < -0.39 is 23.7 Å². The van der Waals surface area contributed by atoms with Crippen LogP contribution in [0.3, 0.4) is 0 Å². The standard InChI is InChI=1S/C22H23Cl2NO4/c1-3-4-18(21(27)28)25-19(26)13-29-22(2,15-7-11-17(24)12-8-15)20(25)14-5-9-16(23)10-6-14/h5-12,18,20H,3-4,13H2,1-2H3,(H,27,28)/t18-,20-,22+/m0/s1. The van der Waals surface area contributed by atoms with Crippen LogP contribution in [0.5, 0.6) is 0 Å². The van der Waals surface area contributed by atoms with Gasteiger partial charge in [0.15, 0.2) is 0 Å². The second-order valence-corrected chi connectivity index (χ2v) is 8.17.